The molecule has 1 amide bonds. The third kappa shape index (κ3) is 3.31. The van der Waals surface area contributed by atoms with Crippen LogP contribution in [0.4, 0.5) is 4.79 Å². The number of amides is 1. The van der Waals surface area contributed by atoms with Gasteiger partial charge in [-0.25, -0.2) is 9.59 Å². The van der Waals surface area contributed by atoms with Crippen LogP contribution in [0.15, 0.2) is 0 Å². The lowest BCUT2D eigenvalue weighted by Crippen LogP contribution is -2.51. The van der Waals surface area contributed by atoms with Crippen molar-refractivity contribution in [2.75, 3.05) is 6.61 Å². The number of carboxylic acids is 1. The molecular formula is C8H15NO4. The van der Waals surface area contributed by atoms with Gasteiger partial charge in [-0.05, 0) is 20.3 Å². The summed E-state index contributed by atoms with van der Waals surface area (Å²) in [5.41, 5.74) is -1.24. The molecule has 0 aromatic heterocycles. The second-order valence-corrected chi connectivity index (χ2v) is 2.84. The van der Waals surface area contributed by atoms with Crippen LogP contribution in [0.5, 0.6) is 0 Å². The van der Waals surface area contributed by atoms with Gasteiger partial charge in [-0.15, -0.1) is 0 Å². The zero-order chi connectivity index (χ0) is 10.5. The number of carbonyl (C=O) groups is 2. The molecule has 2 N–H and O–H groups in total. The Bertz CT molecular complexity index is 204. The molecule has 0 radical (unpaired) electrons. The van der Waals surface area contributed by atoms with Crippen LogP contribution in [0, 0.1) is 0 Å². The SMILES string of the molecule is CCOC(=O)NC(C)(CC)C(=O)O. The van der Waals surface area contributed by atoms with Crippen molar-refractivity contribution >= 4 is 12.1 Å². The number of nitrogens with one attached hydrogen (secondary N) is 1. The molecule has 0 saturated heterocycles. The van der Waals surface area contributed by atoms with Crippen LogP contribution < -0.4 is 5.32 Å². The number of carbonyl (C=O) groups excluding carboxylic acids is 1. The Morgan fingerprint density at radius 2 is 2.00 bits per heavy atom. The predicted octanol–water partition coefficient (Wildman–Crippen LogP) is 0.986. The molecule has 1 unspecified atom stereocenters. The zero-order valence-electron chi connectivity index (χ0n) is 8.09. The number of hydrogen-bond donors (Lipinski definition) is 2. The van der Waals surface area contributed by atoms with Crippen LogP contribution in [0.3, 0.4) is 0 Å². The minimum atomic E-state index is -1.24. The molecule has 0 fully saturated rings. The molecule has 5 nitrogen and oxygen atoms in total. The fraction of sp³-hybridized carbons (Fsp3) is 0.750. The highest BCUT2D eigenvalue weighted by Crippen LogP contribution is 2.09. The predicted molar refractivity (Wildman–Crippen MR) is 46.5 cm³/mol. The quantitative estimate of drug-likeness (QED) is 0.691. The van der Waals surface area contributed by atoms with Gasteiger partial charge in [-0.3, -0.25) is 0 Å². The number of alkyl carbamates (subject to hydrolysis) is 1. The Labute approximate surface area is 77.1 Å². The summed E-state index contributed by atoms with van der Waals surface area (Å²) in [5.74, 6) is -1.07. The molecule has 5 heteroatoms. The first kappa shape index (κ1) is 11.7. The van der Waals surface area contributed by atoms with Gasteiger partial charge in [-0.2, -0.15) is 0 Å². The molecule has 0 aliphatic heterocycles. The van der Waals surface area contributed by atoms with E-state index in [1.54, 1.807) is 13.8 Å². The lowest BCUT2D eigenvalue weighted by atomic mass is 10.00. The molecule has 1 atom stereocenters. The molecular weight excluding hydrogens is 174 g/mol. The molecule has 0 aliphatic rings. The summed E-state index contributed by atoms with van der Waals surface area (Å²) in [4.78, 5) is 21.6. The Hall–Kier alpha value is -1.26. The average Bonchev–Trinajstić information content (AvgIpc) is 2.04. The average molecular weight is 189 g/mol. The highest BCUT2D eigenvalue weighted by atomic mass is 16.5. The van der Waals surface area contributed by atoms with Crippen molar-refractivity contribution in [2.24, 2.45) is 0 Å². The smallest absolute Gasteiger partial charge is 0.408 e. The second-order valence-electron chi connectivity index (χ2n) is 2.84. The van der Waals surface area contributed by atoms with E-state index in [9.17, 15) is 9.59 Å². The summed E-state index contributed by atoms with van der Waals surface area (Å²) in [6, 6.07) is 0. The van der Waals surface area contributed by atoms with E-state index >= 15 is 0 Å². The maximum absolute atomic E-state index is 10.9. The van der Waals surface area contributed by atoms with Crippen molar-refractivity contribution in [3.8, 4) is 0 Å². The van der Waals surface area contributed by atoms with Crippen molar-refractivity contribution < 1.29 is 19.4 Å². The van der Waals surface area contributed by atoms with Crippen molar-refractivity contribution in [3.05, 3.63) is 0 Å². The standard InChI is InChI=1S/C8H15NO4/c1-4-8(3,6(10)11)9-7(12)13-5-2/h4-5H2,1-3H3,(H,9,12)(H,10,11). The van der Waals surface area contributed by atoms with E-state index in [2.05, 4.69) is 10.1 Å². The van der Waals surface area contributed by atoms with Gasteiger partial charge in [0.15, 0.2) is 0 Å². The van der Waals surface area contributed by atoms with Gasteiger partial charge in [0, 0.05) is 0 Å². The number of carboxylic acid groups (broad SMARTS) is 1. The Morgan fingerprint density at radius 1 is 1.46 bits per heavy atom. The summed E-state index contributed by atoms with van der Waals surface area (Å²) in [6.45, 7) is 5.00. The van der Waals surface area contributed by atoms with Crippen molar-refractivity contribution in [1.82, 2.24) is 5.32 Å². The van der Waals surface area contributed by atoms with E-state index in [0.717, 1.165) is 0 Å². The molecule has 0 spiro atoms. The summed E-state index contributed by atoms with van der Waals surface area (Å²) in [6.07, 6.45) is -0.393. The van der Waals surface area contributed by atoms with Gasteiger partial charge in [0.2, 0.25) is 0 Å². The van der Waals surface area contributed by atoms with E-state index in [1.165, 1.54) is 6.92 Å². The highest BCUT2D eigenvalue weighted by Gasteiger charge is 2.33. The van der Waals surface area contributed by atoms with Crippen LogP contribution in [0.2, 0.25) is 0 Å². The first-order valence-corrected chi connectivity index (χ1v) is 4.14. The van der Waals surface area contributed by atoms with Crippen molar-refractivity contribution in [3.63, 3.8) is 0 Å². The van der Waals surface area contributed by atoms with Gasteiger partial charge in [0.05, 0.1) is 6.61 Å². The molecule has 0 aromatic rings. The van der Waals surface area contributed by atoms with Crippen molar-refractivity contribution in [2.45, 2.75) is 32.7 Å². The first-order chi connectivity index (χ1) is 5.96. The van der Waals surface area contributed by atoms with Crippen LogP contribution in [0.25, 0.3) is 0 Å². The second kappa shape index (κ2) is 4.69. The number of ether oxygens (including phenoxy) is 1. The summed E-state index contributed by atoms with van der Waals surface area (Å²) in [7, 11) is 0. The van der Waals surface area contributed by atoms with Crippen LogP contribution >= 0.6 is 0 Å². The molecule has 0 rings (SSSR count). The summed E-state index contributed by atoms with van der Waals surface area (Å²) in [5, 5.41) is 11.1. The fourth-order valence-corrected chi connectivity index (χ4v) is 0.686. The van der Waals surface area contributed by atoms with Crippen LogP contribution in [0.1, 0.15) is 27.2 Å². The Balaban J connectivity index is 4.27. The number of rotatable bonds is 4. The molecule has 0 saturated carbocycles. The van der Waals surface area contributed by atoms with Gasteiger partial charge in [0.25, 0.3) is 0 Å². The lowest BCUT2D eigenvalue weighted by molar-refractivity contribution is -0.144. The lowest BCUT2D eigenvalue weighted by Gasteiger charge is -2.23. The van der Waals surface area contributed by atoms with E-state index < -0.39 is 17.6 Å². The van der Waals surface area contributed by atoms with E-state index in [0.29, 0.717) is 6.42 Å². The normalized spacial score (nSPS) is 14.4. The van der Waals surface area contributed by atoms with Gasteiger partial charge in [-0.1, -0.05) is 6.92 Å². The number of hydrogen-bond acceptors (Lipinski definition) is 3. The summed E-state index contributed by atoms with van der Waals surface area (Å²) < 4.78 is 4.58. The maximum atomic E-state index is 10.9. The minimum Gasteiger partial charge on any atom is -0.480 e. The van der Waals surface area contributed by atoms with Gasteiger partial charge >= 0.3 is 12.1 Å². The Kier molecular flexibility index (Phi) is 4.23. The topological polar surface area (TPSA) is 75.6 Å². The zero-order valence-corrected chi connectivity index (χ0v) is 8.09. The highest BCUT2D eigenvalue weighted by molar-refractivity contribution is 5.83. The van der Waals surface area contributed by atoms with Crippen LogP contribution in [-0.2, 0) is 9.53 Å². The number of aliphatic carboxylic acids is 1. The largest absolute Gasteiger partial charge is 0.480 e. The molecule has 0 aromatic carbocycles. The third-order valence-electron chi connectivity index (χ3n) is 1.83. The van der Waals surface area contributed by atoms with Crippen LogP contribution in [-0.4, -0.2) is 29.3 Å². The Morgan fingerprint density at radius 3 is 2.31 bits per heavy atom. The molecule has 13 heavy (non-hydrogen) atoms. The first-order valence-electron chi connectivity index (χ1n) is 4.14. The molecule has 0 heterocycles. The monoisotopic (exact) mass is 189 g/mol. The third-order valence-corrected chi connectivity index (χ3v) is 1.83. The van der Waals surface area contributed by atoms with E-state index in [1.807, 2.05) is 0 Å². The summed E-state index contributed by atoms with van der Waals surface area (Å²) >= 11 is 0. The minimum absolute atomic E-state index is 0.227. The van der Waals surface area contributed by atoms with Crippen molar-refractivity contribution in [1.29, 1.82) is 0 Å². The molecule has 0 bridgehead atoms. The fourth-order valence-electron chi connectivity index (χ4n) is 0.686. The molecule has 0 aliphatic carbocycles. The van der Waals surface area contributed by atoms with E-state index in [-0.39, 0.29) is 6.61 Å². The molecule has 76 valence electrons. The van der Waals surface area contributed by atoms with Gasteiger partial charge < -0.3 is 15.2 Å². The van der Waals surface area contributed by atoms with Gasteiger partial charge in [0.1, 0.15) is 5.54 Å². The van der Waals surface area contributed by atoms with E-state index in [4.69, 9.17) is 5.11 Å². The maximum Gasteiger partial charge on any atom is 0.408 e.